The number of nitrogens with zero attached hydrogens (tertiary/aromatic N) is 1. The highest BCUT2D eigenvalue weighted by Gasteiger charge is 2.07. The van der Waals surface area contributed by atoms with Crippen LogP contribution in [0.25, 0.3) is 0 Å². The number of rotatable bonds is 8. The van der Waals surface area contributed by atoms with Gasteiger partial charge in [0.05, 0.1) is 6.61 Å². The molecule has 80 valence electrons. The Morgan fingerprint density at radius 3 is 2.54 bits per heavy atom. The van der Waals surface area contributed by atoms with Gasteiger partial charge in [0.1, 0.15) is 0 Å². The summed E-state index contributed by atoms with van der Waals surface area (Å²) in [6.07, 6.45) is 1.23. The van der Waals surface area contributed by atoms with Crippen LogP contribution < -0.4 is 0 Å². The van der Waals surface area contributed by atoms with Crippen LogP contribution in [-0.2, 0) is 4.74 Å². The fraction of sp³-hybridized carbons (Fsp3) is 1.00. The predicted octanol–water partition coefficient (Wildman–Crippen LogP) is 2.22. The third-order valence-corrected chi connectivity index (χ3v) is 2.45. The van der Waals surface area contributed by atoms with Crippen molar-refractivity contribution in [3.05, 3.63) is 0 Å². The van der Waals surface area contributed by atoms with Gasteiger partial charge < -0.3 is 4.74 Å². The van der Waals surface area contributed by atoms with Gasteiger partial charge in [-0.25, -0.2) is 0 Å². The zero-order valence-electron chi connectivity index (χ0n) is 9.05. The van der Waals surface area contributed by atoms with Gasteiger partial charge in [-0.05, 0) is 5.92 Å². The summed E-state index contributed by atoms with van der Waals surface area (Å²) in [5, 5.41) is 0. The van der Waals surface area contributed by atoms with Gasteiger partial charge in [-0.2, -0.15) is 0 Å². The topological polar surface area (TPSA) is 12.5 Å². The first-order chi connectivity index (χ1) is 6.24. The quantitative estimate of drug-likeness (QED) is 0.566. The lowest BCUT2D eigenvalue weighted by molar-refractivity contribution is 0.142. The molecule has 0 rings (SSSR count). The first kappa shape index (κ1) is 13.2. The van der Waals surface area contributed by atoms with E-state index in [0.717, 1.165) is 32.2 Å². The lowest BCUT2D eigenvalue weighted by Crippen LogP contribution is -2.33. The first-order valence-corrected chi connectivity index (χ1v) is 5.55. The number of ether oxygens (including phenoxy) is 1. The van der Waals surface area contributed by atoms with Crippen LogP contribution in [0.5, 0.6) is 0 Å². The average molecular weight is 208 g/mol. The highest BCUT2D eigenvalue weighted by molar-refractivity contribution is 6.18. The maximum absolute atomic E-state index is 5.72. The minimum absolute atomic E-state index is 0.708. The molecule has 0 aliphatic carbocycles. The van der Waals surface area contributed by atoms with Crippen LogP contribution in [0.2, 0.25) is 0 Å². The fourth-order valence-electron chi connectivity index (χ4n) is 1.20. The second-order valence-electron chi connectivity index (χ2n) is 3.50. The van der Waals surface area contributed by atoms with Crippen molar-refractivity contribution in [1.82, 2.24) is 4.90 Å². The van der Waals surface area contributed by atoms with Crippen LogP contribution in [0, 0.1) is 5.92 Å². The second kappa shape index (κ2) is 8.79. The van der Waals surface area contributed by atoms with E-state index >= 15 is 0 Å². The predicted molar refractivity (Wildman–Crippen MR) is 58.5 cm³/mol. The third-order valence-electron chi connectivity index (χ3n) is 2.28. The molecular weight excluding hydrogens is 186 g/mol. The highest BCUT2D eigenvalue weighted by atomic mass is 35.5. The van der Waals surface area contributed by atoms with E-state index < -0.39 is 0 Å². The van der Waals surface area contributed by atoms with Gasteiger partial charge in [0.15, 0.2) is 0 Å². The molecule has 0 aromatic heterocycles. The Morgan fingerprint density at radius 2 is 2.08 bits per heavy atom. The molecule has 0 aromatic rings. The Morgan fingerprint density at radius 1 is 1.38 bits per heavy atom. The molecule has 0 bridgehead atoms. The molecule has 1 unspecified atom stereocenters. The summed E-state index contributed by atoms with van der Waals surface area (Å²) in [4.78, 5) is 2.37. The maximum atomic E-state index is 5.72. The van der Waals surface area contributed by atoms with E-state index in [4.69, 9.17) is 16.3 Å². The van der Waals surface area contributed by atoms with E-state index in [9.17, 15) is 0 Å². The molecule has 0 spiro atoms. The molecule has 0 aromatic carbocycles. The molecular formula is C10H22ClNO. The molecule has 0 aliphatic rings. The molecule has 1 atom stereocenters. The molecule has 0 heterocycles. The van der Waals surface area contributed by atoms with E-state index in [1.165, 1.54) is 6.42 Å². The Labute approximate surface area is 87.2 Å². The van der Waals surface area contributed by atoms with E-state index in [1.807, 2.05) is 0 Å². The van der Waals surface area contributed by atoms with Crippen LogP contribution in [0.15, 0.2) is 0 Å². The number of halogens is 1. The van der Waals surface area contributed by atoms with E-state index in [0.29, 0.717) is 5.88 Å². The first-order valence-electron chi connectivity index (χ1n) is 5.01. The molecule has 0 N–H and O–H groups in total. The molecule has 0 radical (unpaired) electrons. The summed E-state index contributed by atoms with van der Waals surface area (Å²) in [5.41, 5.74) is 0. The summed E-state index contributed by atoms with van der Waals surface area (Å²) < 4.78 is 5.05. The Bertz CT molecular complexity index is 111. The number of hydrogen-bond acceptors (Lipinski definition) is 2. The molecule has 0 aliphatic heterocycles. The van der Waals surface area contributed by atoms with Gasteiger partial charge in [-0.1, -0.05) is 20.3 Å². The average Bonchev–Trinajstić information content (AvgIpc) is 2.14. The molecule has 3 heteroatoms. The summed E-state index contributed by atoms with van der Waals surface area (Å²) in [5.74, 6) is 1.46. The summed E-state index contributed by atoms with van der Waals surface area (Å²) in [7, 11) is 1.74. The van der Waals surface area contributed by atoms with Crippen molar-refractivity contribution in [3.63, 3.8) is 0 Å². The normalized spacial score (nSPS) is 13.6. The summed E-state index contributed by atoms with van der Waals surface area (Å²) in [6, 6.07) is 0. The van der Waals surface area contributed by atoms with Crippen molar-refractivity contribution in [2.45, 2.75) is 20.3 Å². The smallest absolute Gasteiger partial charge is 0.0589 e. The SMILES string of the molecule is CCC(C)CN(CCCl)CCOC. The zero-order valence-corrected chi connectivity index (χ0v) is 9.81. The van der Waals surface area contributed by atoms with Crippen LogP contribution in [-0.4, -0.2) is 44.1 Å². The number of alkyl halides is 1. The fourth-order valence-corrected chi connectivity index (χ4v) is 1.44. The van der Waals surface area contributed by atoms with Crippen molar-refractivity contribution >= 4 is 11.6 Å². The molecule has 0 saturated heterocycles. The summed E-state index contributed by atoms with van der Waals surface area (Å²) in [6.45, 7) is 8.39. The molecule has 0 amide bonds. The molecule has 0 saturated carbocycles. The Balaban J connectivity index is 3.65. The molecule has 13 heavy (non-hydrogen) atoms. The van der Waals surface area contributed by atoms with E-state index in [-0.39, 0.29) is 0 Å². The number of methoxy groups -OCH3 is 1. The van der Waals surface area contributed by atoms with Gasteiger partial charge >= 0.3 is 0 Å². The molecule has 2 nitrogen and oxygen atoms in total. The highest BCUT2D eigenvalue weighted by Crippen LogP contribution is 2.04. The third kappa shape index (κ3) is 7.29. The standard InChI is InChI=1S/C10H22ClNO/c1-4-10(2)9-12(6-5-11)7-8-13-3/h10H,4-9H2,1-3H3. The Hall–Kier alpha value is 0.210. The van der Waals surface area contributed by atoms with E-state index in [1.54, 1.807) is 7.11 Å². The second-order valence-corrected chi connectivity index (χ2v) is 3.87. The lowest BCUT2D eigenvalue weighted by atomic mass is 10.1. The largest absolute Gasteiger partial charge is 0.383 e. The van der Waals surface area contributed by atoms with Crippen LogP contribution in [0.3, 0.4) is 0 Å². The van der Waals surface area contributed by atoms with Crippen LogP contribution in [0.1, 0.15) is 20.3 Å². The maximum Gasteiger partial charge on any atom is 0.0589 e. The molecule has 0 fully saturated rings. The van der Waals surface area contributed by atoms with Crippen molar-refractivity contribution < 1.29 is 4.74 Å². The van der Waals surface area contributed by atoms with Crippen LogP contribution in [0.4, 0.5) is 0 Å². The van der Waals surface area contributed by atoms with Crippen LogP contribution >= 0.6 is 11.6 Å². The summed E-state index contributed by atoms with van der Waals surface area (Å²) >= 11 is 5.72. The Kier molecular flexibility index (Phi) is 8.93. The minimum Gasteiger partial charge on any atom is -0.383 e. The van der Waals surface area contributed by atoms with Gasteiger partial charge in [0.25, 0.3) is 0 Å². The number of hydrogen-bond donors (Lipinski definition) is 0. The van der Waals surface area contributed by atoms with Crippen molar-refractivity contribution in [1.29, 1.82) is 0 Å². The van der Waals surface area contributed by atoms with Gasteiger partial charge in [0, 0.05) is 32.6 Å². The van der Waals surface area contributed by atoms with Crippen molar-refractivity contribution in [3.8, 4) is 0 Å². The monoisotopic (exact) mass is 207 g/mol. The van der Waals surface area contributed by atoms with Crippen molar-refractivity contribution in [2.75, 3.05) is 39.2 Å². The van der Waals surface area contributed by atoms with Gasteiger partial charge in [0.2, 0.25) is 0 Å². The minimum atomic E-state index is 0.708. The zero-order chi connectivity index (χ0) is 10.1. The lowest BCUT2D eigenvalue weighted by Gasteiger charge is -2.23. The van der Waals surface area contributed by atoms with E-state index in [2.05, 4.69) is 18.7 Å². The van der Waals surface area contributed by atoms with Gasteiger partial charge in [-0.15, -0.1) is 11.6 Å². The van der Waals surface area contributed by atoms with Gasteiger partial charge in [-0.3, -0.25) is 4.90 Å². The van der Waals surface area contributed by atoms with Crippen molar-refractivity contribution in [2.24, 2.45) is 5.92 Å².